The lowest BCUT2D eigenvalue weighted by molar-refractivity contribution is -0.135. The SMILES string of the molecule is CC=C(O[P+](O)(O)O)C(=O)O. The van der Waals surface area contributed by atoms with Crippen LogP contribution in [-0.4, -0.2) is 25.8 Å². The smallest absolute Gasteiger partial charge is 0.475 e. The number of rotatable bonds is 3. The fraction of sp³-hybridized carbons (Fsp3) is 0.250. The topological polar surface area (TPSA) is 107 Å². The van der Waals surface area contributed by atoms with Gasteiger partial charge in [0.05, 0.1) is 0 Å². The molecule has 0 aliphatic rings. The zero-order valence-corrected chi connectivity index (χ0v) is 6.52. The number of carboxylic acid groups (broad SMARTS) is 1. The molecule has 0 rings (SSSR count). The summed E-state index contributed by atoms with van der Waals surface area (Å²) in [7, 11) is -4.49. The van der Waals surface area contributed by atoms with E-state index < -0.39 is 19.9 Å². The molecule has 0 aliphatic carbocycles. The van der Waals surface area contributed by atoms with Gasteiger partial charge in [0.25, 0.3) is 5.76 Å². The van der Waals surface area contributed by atoms with Crippen molar-refractivity contribution in [1.82, 2.24) is 0 Å². The van der Waals surface area contributed by atoms with Crippen molar-refractivity contribution in [3.63, 3.8) is 0 Å². The monoisotopic (exact) mass is 183 g/mol. The molecule has 4 N–H and O–H groups in total. The van der Waals surface area contributed by atoms with Crippen LogP contribution in [0.5, 0.6) is 0 Å². The van der Waals surface area contributed by atoms with Crippen LogP contribution in [0.4, 0.5) is 0 Å². The Kier molecular flexibility index (Phi) is 3.41. The molecule has 0 radical (unpaired) electrons. The van der Waals surface area contributed by atoms with Crippen LogP contribution in [0.25, 0.3) is 0 Å². The maximum atomic E-state index is 10.1. The predicted molar refractivity (Wildman–Crippen MR) is 36.1 cm³/mol. The maximum absolute atomic E-state index is 10.1. The molecule has 0 aromatic heterocycles. The van der Waals surface area contributed by atoms with Gasteiger partial charge in [-0.15, -0.1) is 0 Å². The summed E-state index contributed by atoms with van der Waals surface area (Å²) in [6, 6.07) is 0. The third-order valence-corrected chi connectivity index (χ3v) is 1.14. The van der Waals surface area contributed by atoms with Gasteiger partial charge >= 0.3 is 14.1 Å². The van der Waals surface area contributed by atoms with Crippen molar-refractivity contribution in [1.29, 1.82) is 0 Å². The van der Waals surface area contributed by atoms with Gasteiger partial charge in [-0.3, -0.25) is 4.52 Å². The second-order valence-corrected chi connectivity index (χ2v) is 2.77. The third kappa shape index (κ3) is 4.69. The van der Waals surface area contributed by atoms with Gasteiger partial charge in [0.15, 0.2) is 0 Å². The largest absolute Gasteiger partial charge is 0.614 e. The molecule has 0 saturated heterocycles. The first kappa shape index (κ1) is 10.3. The standard InChI is InChI=1S/C4H7O6P/c1-2-3(4(5)6)10-11(7,8)9/h2,7-9H,1H3/p+1. The van der Waals surface area contributed by atoms with Crippen LogP contribution in [0.15, 0.2) is 11.8 Å². The summed E-state index contributed by atoms with van der Waals surface area (Å²) in [5.41, 5.74) is 0. The lowest BCUT2D eigenvalue weighted by Gasteiger charge is -2.02. The fourth-order valence-electron chi connectivity index (χ4n) is 0.347. The van der Waals surface area contributed by atoms with E-state index in [0.717, 1.165) is 6.08 Å². The Hall–Kier alpha value is -0.680. The number of carboxylic acids is 1. The van der Waals surface area contributed by atoms with Gasteiger partial charge in [-0.1, -0.05) is 0 Å². The molecule has 0 unspecified atom stereocenters. The number of aliphatic carboxylic acids is 1. The Morgan fingerprint density at radius 1 is 1.45 bits per heavy atom. The van der Waals surface area contributed by atoms with Crippen molar-refractivity contribution in [2.45, 2.75) is 6.92 Å². The quantitative estimate of drug-likeness (QED) is 0.270. The number of carbonyl (C=O) groups is 1. The number of hydrogen-bond acceptors (Lipinski definition) is 5. The summed E-state index contributed by atoms with van der Waals surface area (Å²) in [4.78, 5) is 34.9. The zero-order valence-electron chi connectivity index (χ0n) is 5.63. The average molecular weight is 183 g/mol. The highest BCUT2D eigenvalue weighted by Crippen LogP contribution is 2.47. The van der Waals surface area contributed by atoms with Crippen molar-refractivity contribution in [2.24, 2.45) is 0 Å². The second kappa shape index (κ2) is 3.64. The maximum Gasteiger partial charge on any atom is 0.614 e. The normalized spacial score (nSPS) is 12.9. The van der Waals surface area contributed by atoms with Crippen LogP contribution in [0.1, 0.15) is 6.92 Å². The fourth-order valence-corrected chi connectivity index (χ4v) is 0.795. The van der Waals surface area contributed by atoms with Gasteiger partial charge < -0.3 is 5.11 Å². The molecule has 0 aromatic rings. The van der Waals surface area contributed by atoms with E-state index in [1.54, 1.807) is 0 Å². The van der Waals surface area contributed by atoms with Crippen molar-refractivity contribution in [3.8, 4) is 0 Å². The highest BCUT2D eigenvalue weighted by molar-refractivity contribution is 7.53. The summed E-state index contributed by atoms with van der Waals surface area (Å²) in [5, 5.41) is 8.23. The first-order chi connectivity index (χ1) is 4.87. The van der Waals surface area contributed by atoms with Gasteiger partial charge in [0, 0.05) is 0 Å². The third-order valence-electron chi connectivity index (χ3n) is 0.694. The van der Waals surface area contributed by atoms with Gasteiger partial charge in [-0.25, -0.2) is 4.79 Å². The van der Waals surface area contributed by atoms with E-state index in [9.17, 15) is 4.79 Å². The summed E-state index contributed by atoms with van der Waals surface area (Å²) >= 11 is 0. The van der Waals surface area contributed by atoms with E-state index in [-0.39, 0.29) is 0 Å². The van der Waals surface area contributed by atoms with E-state index in [1.807, 2.05) is 0 Å². The zero-order chi connectivity index (χ0) is 9.07. The molecule has 0 atom stereocenters. The van der Waals surface area contributed by atoms with Gasteiger partial charge in [0.1, 0.15) is 0 Å². The second-order valence-electron chi connectivity index (χ2n) is 1.56. The molecule has 0 heterocycles. The van der Waals surface area contributed by atoms with E-state index >= 15 is 0 Å². The van der Waals surface area contributed by atoms with E-state index in [2.05, 4.69) is 4.52 Å². The lowest BCUT2D eigenvalue weighted by Crippen LogP contribution is -2.05. The molecule has 0 spiro atoms. The first-order valence-electron chi connectivity index (χ1n) is 2.53. The van der Waals surface area contributed by atoms with Crippen LogP contribution in [0.3, 0.4) is 0 Å². The van der Waals surface area contributed by atoms with Gasteiger partial charge in [0.2, 0.25) is 0 Å². The number of allylic oxidation sites excluding steroid dienone is 1. The molecule has 0 fully saturated rings. The van der Waals surface area contributed by atoms with Gasteiger partial charge in [-0.2, -0.15) is 14.7 Å². The Morgan fingerprint density at radius 3 is 2.00 bits per heavy atom. The molecule has 0 bridgehead atoms. The minimum Gasteiger partial charge on any atom is -0.475 e. The summed E-state index contributed by atoms with van der Waals surface area (Å²) < 4.78 is 3.89. The van der Waals surface area contributed by atoms with Crippen LogP contribution in [0.2, 0.25) is 0 Å². The predicted octanol–water partition coefficient (Wildman–Crippen LogP) is -0.354. The minimum absolute atomic E-state index is 0.703. The first-order valence-corrected chi connectivity index (χ1v) is 4.10. The Bertz CT molecular complexity index is 180. The Morgan fingerprint density at radius 2 is 1.91 bits per heavy atom. The van der Waals surface area contributed by atoms with Crippen molar-refractivity contribution < 1.29 is 29.1 Å². The van der Waals surface area contributed by atoms with E-state index in [1.165, 1.54) is 6.92 Å². The molecule has 0 amide bonds. The Balaban J connectivity index is 4.24. The van der Waals surface area contributed by atoms with E-state index in [4.69, 9.17) is 19.8 Å². The molecule has 0 aliphatic heterocycles. The highest BCUT2D eigenvalue weighted by atomic mass is 31.2. The lowest BCUT2D eigenvalue weighted by atomic mass is 10.5. The van der Waals surface area contributed by atoms with Crippen molar-refractivity contribution in [3.05, 3.63) is 11.8 Å². The van der Waals surface area contributed by atoms with Crippen molar-refractivity contribution >= 4 is 14.1 Å². The Labute approximate surface area is 63.0 Å². The molecular weight excluding hydrogens is 175 g/mol. The van der Waals surface area contributed by atoms with Crippen molar-refractivity contribution in [2.75, 3.05) is 0 Å². The molecule has 0 aromatic carbocycles. The molecule has 0 saturated carbocycles. The minimum atomic E-state index is -4.49. The number of hydrogen-bond donors (Lipinski definition) is 4. The summed E-state index contributed by atoms with van der Waals surface area (Å²) in [5.74, 6) is -2.18. The summed E-state index contributed by atoms with van der Waals surface area (Å²) in [6.45, 7) is 1.32. The van der Waals surface area contributed by atoms with Crippen LogP contribution in [-0.2, 0) is 9.32 Å². The molecule has 6 nitrogen and oxygen atoms in total. The average Bonchev–Trinajstić information content (AvgIpc) is 1.80. The molecule has 7 heteroatoms. The van der Waals surface area contributed by atoms with Gasteiger partial charge in [-0.05, 0) is 13.0 Å². The molecular formula is C4H8O6P+. The van der Waals surface area contributed by atoms with Crippen LogP contribution >= 0.6 is 8.17 Å². The van der Waals surface area contributed by atoms with Crippen LogP contribution in [0, 0.1) is 0 Å². The van der Waals surface area contributed by atoms with E-state index in [0.29, 0.717) is 0 Å². The molecule has 64 valence electrons. The summed E-state index contributed by atoms with van der Waals surface area (Å²) in [6.07, 6.45) is 0.986. The van der Waals surface area contributed by atoms with Crippen LogP contribution < -0.4 is 0 Å². The molecule has 11 heavy (non-hydrogen) atoms. The highest BCUT2D eigenvalue weighted by Gasteiger charge is 2.37.